The lowest BCUT2D eigenvalue weighted by atomic mass is 9.98. The maximum absolute atomic E-state index is 5.63. The molecule has 0 bridgehead atoms. The molecule has 0 saturated heterocycles. The summed E-state index contributed by atoms with van der Waals surface area (Å²) in [6.07, 6.45) is 0.180. The zero-order chi connectivity index (χ0) is 10.3. The van der Waals surface area contributed by atoms with E-state index in [2.05, 4.69) is 26.5 Å². The molecule has 80 valence electrons. The van der Waals surface area contributed by atoms with Crippen LogP contribution in [0, 0.1) is 5.41 Å². The second kappa shape index (κ2) is 6.68. The molecule has 0 rings (SSSR count). The van der Waals surface area contributed by atoms with Gasteiger partial charge in [0, 0.05) is 6.61 Å². The summed E-state index contributed by atoms with van der Waals surface area (Å²) in [5.41, 5.74) is 0.156. The predicted octanol–water partition coefficient (Wildman–Crippen LogP) is 2.38. The molecular weight excluding hydrogens is 184 g/mol. The zero-order valence-corrected chi connectivity index (χ0v) is 10.1. The van der Waals surface area contributed by atoms with Gasteiger partial charge in [0.15, 0.2) is 0 Å². The van der Waals surface area contributed by atoms with Gasteiger partial charge >= 0.3 is 0 Å². The van der Waals surface area contributed by atoms with Gasteiger partial charge in [0.2, 0.25) is 0 Å². The highest BCUT2D eigenvalue weighted by atomic mass is 32.1. The summed E-state index contributed by atoms with van der Waals surface area (Å²) in [7, 11) is 0. The maximum Gasteiger partial charge on any atom is 0.0780 e. The van der Waals surface area contributed by atoms with Gasteiger partial charge in [-0.15, -0.1) is 0 Å². The van der Waals surface area contributed by atoms with Gasteiger partial charge in [0.05, 0.1) is 19.3 Å². The molecule has 0 aromatic heterocycles. The normalized spacial score (nSPS) is 14.5. The summed E-state index contributed by atoms with van der Waals surface area (Å²) in [6, 6.07) is 0. The van der Waals surface area contributed by atoms with E-state index in [4.69, 9.17) is 9.47 Å². The third-order valence-corrected chi connectivity index (χ3v) is 2.60. The van der Waals surface area contributed by atoms with Gasteiger partial charge in [-0.3, -0.25) is 0 Å². The average molecular weight is 206 g/mol. The van der Waals surface area contributed by atoms with Crippen LogP contribution in [0.3, 0.4) is 0 Å². The Morgan fingerprint density at radius 3 is 2.46 bits per heavy atom. The fraction of sp³-hybridized carbons (Fsp3) is 1.00. The third kappa shape index (κ3) is 7.35. The molecule has 2 nitrogen and oxygen atoms in total. The smallest absolute Gasteiger partial charge is 0.0780 e. The highest BCUT2D eigenvalue weighted by molar-refractivity contribution is 7.80. The van der Waals surface area contributed by atoms with Crippen LogP contribution in [0.25, 0.3) is 0 Å². The molecule has 0 heterocycles. The minimum atomic E-state index is 0.156. The standard InChI is InChI=1S/C10H22O2S/c1-5-11-6-9(2)12-7-10(3,4)8-13/h9,13H,5-8H2,1-4H3. The van der Waals surface area contributed by atoms with Gasteiger partial charge in [-0.2, -0.15) is 12.6 Å². The van der Waals surface area contributed by atoms with Crippen molar-refractivity contribution < 1.29 is 9.47 Å². The van der Waals surface area contributed by atoms with Crippen molar-refractivity contribution in [3.05, 3.63) is 0 Å². The Morgan fingerprint density at radius 1 is 1.38 bits per heavy atom. The van der Waals surface area contributed by atoms with Crippen molar-refractivity contribution in [2.75, 3.05) is 25.6 Å². The molecular formula is C10H22O2S. The molecule has 0 aromatic carbocycles. The number of ether oxygens (including phenoxy) is 2. The molecule has 0 spiro atoms. The van der Waals surface area contributed by atoms with E-state index < -0.39 is 0 Å². The fourth-order valence-corrected chi connectivity index (χ4v) is 0.837. The van der Waals surface area contributed by atoms with Crippen LogP contribution in [0.4, 0.5) is 0 Å². The van der Waals surface area contributed by atoms with Crippen LogP contribution in [0.5, 0.6) is 0 Å². The Hall–Kier alpha value is 0.270. The first-order valence-corrected chi connectivity index (χ1v) is 5.45. The molecule has 0 aliphatic rings. The lowest BCUT2D eigenvalue weighted by Gasteiger charge is -2.24. The first-order chi connectivity index (χ1) is 6.02. The number of rotatable bonds is 7. The quantitative estimate of drug-likeness (QED) is 0.645. The Morgan fingerprint density at radius 2 is 2.00 bits per heavy atom. The summed E-state index contributed by atoms with van der Waals surface area (Å²) in [5.74, 6) is 0.842. The van der Waals surface area contributed by atoms with E-state index in [1.54, 1.807) is 0 Å². The molecule has 0 aromatic rings. The van der Waals surface area contributed by atoms with Crippen molar-refractivity contribution in [2.24, 2.45) is 5.41 Å². The van der Waals surface area contributed by atoms with E-state index in [1.165, 1.54) is 0 Å². The van der Waals surface area contributed by atoms with Gasteiger partial charge < -0.3 is 9.47 Å². The predicted molar refractivity (Wildman–Crippen MR) is 59.5 cm³/mol. The maximum atomic E-state index is 5.63. The number of hydrogen-bond donors (Lipinski definition) is 1. The molecule has 0 saturated carbocycles. The SMILES string of the molecule is CCOCC(C)OCC(C)(C)CS. The van der Waals surface area contributed by atoms with Crippen molar-refractivity contribution in [3.8, 4) is 0 Å². The number of thiol groups is 1. The molecule has 13 heavy (non-hydrogen) atoms. The van der Waals surface area contributed by atoms with E-state index in [1.807, 2.05) is 13.8 Å². The average Bonchev–Trinajstić information content (AvgIpc) is 2.11. The highest BCUT2D eigenvalue weighted by Gasteiger charge is 2.17. The van der Waals surface area contributed by atoms with Crippen LogP contribution in [0.2, 0.25) is 0 Å². The molecule has 0 radical (unpaired) electrons. The molecule has 0 fully saturated rings. The van der Waals surface area contributed by atoms with Gasteiger partial charge in [0.1, 0.15) is 0 Å². The van der Waals surface area contributed by atoms with Crippen molar-refractivity contribution in [1.29, 1.82) is 0 Å². The van der Waals surface area contributed by atoms with Crippen molar-refractivity contribution in [3.63, 3.8) is 0 Å². The van der Waals surface area contributed by atoms with E-state index in [-0.39, 0.29) is 11.5 Å². The van der Waals surface area contributed by atoms with Gasteiger partial charge in [-0.05, 0) is 25.0 Å². The van der Waals surface area contributed by atoms with E-state index in [0.29, 0.717) is 6.61 Å². The largest absolute Gasteiger partial charge is 0.379 e. The second-order valence-electron chi connectivity index (χ2n) is 4.10. The Bertz CT molecular complexity index is 126. The van der Waals surface area contributed by atoms with Crippen LogP contribution < -0.4 is 0 Å². The Balaban J connectivity index is 3.51. The Kier molecular flexibility index (Phi) is 6.82. The van der Waals surface area contributed by atoms with E-state index in [0.717, 1.165) is 19.0 Å². The first kappa shape index (κ1) is 13.3. The second-order valence-corrected chi connectivity index (χ2v) is 4.42. The minimum absolute atomic E-state index is 0.156. The summed E-state index contributed by atoms with van der Waals surface area (Å²) < 4.78 is 10.9. The van der Waals surface area contributed by atoms with Crippen molar-refractivity contribution in [2.45, 2.75) is 33.8 Å². The molecule has 0 aliphatic carbocycles. The van der Waals surface area contributed by atoms with Crippen LogP contribution in [-0.4, -0.2) is 31.7 Å². The monoisotopic (exact) mass is 206 g/mol. The first-order valence-electron chi connectivity index (χ1n) is 4.82. The van der Waals surface area contributed by atoms with Crippen LogP contribution in [0.1, 0.15) is 27.7 Å². The summed E-state index contributed by atoms with van der Waals surface area (Å²) >= 11 is 4.26. The molecule has 1 unspecified atom stereocenters. The lowest BCUT2D eigenvalue weighted by Crippen LogP contribution is -2.26. The molecule has 1 atom stereocenters. The van der Waals surface area contributed by atoms with Gasteiger partial charge in [0.25, 0.3) is 0 Å². The van der Waals surface area contributed by atoms with Crippen LogP contribution in [0.15, 0.2) is 0 Å². The molecule has 0 amide bonds. The van der Waals surface area contributed by atoms with Crippen molar-refractivity contribution in [1.82, 2.24) is 0 Å². The lowest BCUT2D eigenvalue weighted by molar-refractivity contribution is -0.0284. The number of hydrogen-bond acceptors (Lipinski definition) is 3. The van der Waals surface area contributed by atoms with Crippen LogP contribution in [-0.2, 0) is 9.47 Å². The fourth-order valence-electron chi connectivity index (χ4n) is 0.745. The molecule has 0 N–H and O–H groups in total. The molecule has 0 aliphatic heterocycles. The summed E-state index contributed by atoms with van der Waals surface area (Å²) in [5, 5.41) is 0. The van der Waals surface area contributed by atoms with Gasteiger partial charge in [-0.25, -0.2) is 0 Å². The van der Waals surface area contributed by atoms with E-state index >= 15 is 0 Å². The topological polar surface area (TPSA) is 18.5 Å². The third-order valence-electron chi connectivity index (χ3n) is 1.74. The van der Waals surface area contributed by atoms with Crippen molar-refractivity contribution >= 4 is 12.6 Å². The van der Waals surface area contributed by atoms with E-state index in [9.17, 15) is 0 Å². The minimum Gasteiger partial charge on any atom is -0.379 e. The Labute approximate surface area is 87.4 Å². The van der Waals surface area contributed by atoms with Gasteiger partial charge in [-0.1, -0.05) is 13.8 Å². The highest BCUT2D eigenvalue weighted by Crippen LogP contribution is 2.17. The molecule has 3 heteroatoms. The zero-order valence-electron chi connectivity index (χ0n) is 9.17. The van der Waals surface area contributed by atoms with Crippen LogP contribution >= 0.6 is 12.6 Å². The summed E-state index contributed by atoms with van der Waals surface area (Å²) in [6.45, 7) is 10.5. The summed E-state index contributed by atoms with van der Waals surface area (Å²) in [4.78, 5) is 0.